The smallest absolute Gasteiger partial charge is 0.328 e. The molecule has 2 aliphatic rings. The lowest BCUT2D eigenvalue weighted by molar-refractivity contribution is -0.171. The first kappa shape index (κ1) is 14.3. The lowest BCUT2D eigenvalue weighted by Crippen LogP contribution is -2.44. The van der Waals surface area contributed by atoms with Crippen LogP contribution < -0.4 is 5.73 Å². The Kier molecular flexibility index (Phi) is 4.10. The molecule has 3 rings (SSSR count). The number of aromatic nitrogens is 3. The quantitative estimate of drug-likeness (QED) is 0.844. The molecule has 116 valence electrons. The van der Waals surface area contributed by atoms with Crippen molar-refractivity contribution in [3.05, 3.63) is 6.33 Å². The SMILES string of the molecule is Nc1ncn(CC(=O)OC2CCOC3(CCCCC3)C2)n1. The Balaban J connectivity index is 1.53. The van der Waals surface area contributed by atoms with E-state index in [4.69, 9.17) is 15.2 Å². The third kappa shape index (κ3) is 3.53. The van der Waals surface area contributed by atoms with E-state index in [-0.39, 0.29) is 30.2 Å². The van der Waals surface area contributed by atoms with Crippen LogP contribution in [0.25, 0.3) is 0 Å². The maximum atomic E-state index is 12.0. The molecule has 0 radical (unpaired) electrons. The summed E-state index contributed by atoms with van der Waals surface area (Å²) < 4.78 is 13.0. The summed E-state index contributed by atoms with van der Waals surface area (Å²) in [6, 6.07) is 0. The summed E-state index contributed by atoms with van der Waals surface area (Å²) >= 11 is 0. The Labute approximate surface area is 123 Å². The van der Waals surface area contributed by atoms with Crippen molar-refractivity contribution in [2.45, 2.75) is 63.2 Å². The number of nitrogen functional groups attached to an aromatic ring is 1. The van der Waals surface area contributed by atoms with E-state index in [0.717, 1.165) is 25.7 Å². The highest BCUT2D eigenvalue weighted by molar-refractivity contribution is 5.69. The molecule has 1 aliphatic carbocycles. The van der Waals surface area contributed by atoms with Gasteiger partial charge in [0.05, 0.1) is 12.2 Å². The Morgan fingerprint density at radius 2 is 2.29 bits per heavy atom. The molecule has 2 heterocycles. The predicted molar refractivity (Wildman–Crippen MR) is 75.3 cm³/mol. The van der Waals surface area contributed by atoms with Crippen LogP contribution in [-0.4, -0.2) is 39.0 Å². The van der Waals surface area contributed by atoms with Crippen molar-refractivity contribution in [1.29, 1.82) is 0 Å². The Morgan fingerprint density at radius 1 is 1.48 bits per heavy atom. The van der Waals surface area contributed by atoms with E-state index in [1.807, 2.05) is 0 Å². The standard InChI is InChI=1S/C14H22N4O3/c15-13-16-10-18(17-13)9-12(19)21-11-4-7-20-14(8-11)5-2-1-3-6-14/h10-11H,1-9H2,(H2,15,17). The average molecular weight is 294 g/mol. The first-order valence-corrected chi connectivity index (χ1v) is 7.64. The van der Waals surface area contributed by atoms with E-state index >= 15 is 0 Å². The first-order chi connectivity index (χ1) is 10.2. The van der Waals surface area contributed by atoms with Gasteiger partial charge >= 0.3 is 5.97 Å². The second-order valence-electron chi connectivity index (χ2n) is 6.00. The molecule has 1 aromatic rings. The van der Waals surface area contributed by atoms with Gasteiger partial charge in [0, 0.05) is 12.8 Å². The van der Waals surface area contributed by atoms with E-state index < -0.39 is 0 Å². The number of hydrogen-bond donors (Lipinski definition) is 1. The Bertz CT molecular complexity index is 491. The first-order valence-electron chi connectivity index (χ1n) is 7.64. The molecular formula is C14H22N4O3. The van der Waals surface area contributed by atoms with Gasteiger partial charge in [0.2, 0.25) is 5.95 Å². The number of nitrogens with zero attached hydrogens (tertiary/aromatic N) is 3. The van der Waals surface area contributed by atoms with E-state index in [9.17, 15) is 4.79 Å². The summed E-state index contributed by atoms with van der Waals surface area (Å²) in [5.74, 6) is -0.132. The van der Waals surface area contributed by atoms with Crippen LogP contribution >= 0.6 is 0 Å². The number of hydrogen-bond acceptors (Lipinski definition) is 6. The van der Waals surface area contributed by atoms with Crippen molar-refractivity contribution < 1.29 is 14.3 Å². The van der Waals surface area contributed by atoms with Gasteiger partial charge in [-0.2, -0.15) is 0 Å². The third-order valence-corrected chi connectivity index (χ3v) is 4.36. The number of ether oxygens (including phenoxy) is 2. The van der Waals surface area contributed by atoms with Crippen LogP contribution in [0.15, 0.2) is 6.33 Å². The molecule has 21 heavy (non-hydrogen) atoms. The summed E-state index contributed by atoms with van der Waals surface area (Å²) in [5.41, 5.74) is 5.36. The third-order valence-electron chi connectivity index (χ3n) is 4.36. The monoisotopic (exact) mass is 294 g/mol. The summed E-state index contributed by atoms with van der Waals surface area (Å²) in [6.45, 7) is 0.725. The molecule has 0 amide bonds. The number of anilines is 1. The highest BCUT2D eigenvalue weighted by Gasteiger charge is 2.39. The fourth-order valence-corrected chi connectivity index (χ4v) is 3.37. The van der Waals surface area contributed by atoms with E-state index in [1.54, 1.807) is 0 Å². The van der Waals surface area contributed by atoms with E-state index in [2.05, 4.69) is 10.1 Å². The fourth-order valence-electron chi connectivity index (χ4n) is 3.37. The molecule has 1 atom stereocenters. The number of carbonyl (C=O) groups is 1. The van der Waals surface area contributed by atoms with E-state index in [1.165, 1.54) is 30.3 Å². The molecule has 2 N–H and O–H groups in total. The van der Waals surface area contributed by atoms with Crippen LogP contribution in [0.1, 0.15) is 44.9 Å². The van der Waals surface area contributed by atoms with Gasteiger partial charge in [-0.25, -0.2) is 9.67 Å². The number of nitrogens with two attached hydrogens (primary N) is 1. The van der Waals surface area contributed by atoms with Crippen molar-refractivity contribution in [3.63, 3.8) is 0 Å². The van der Waals surface area contributed by atoms with Gasteiger partial charge in [0.1, 0.15) is 19.0 Å². The topological polar surface area (TPSA) is 92.3 Å². The lowest BCUT2D eigenvalue weighted by Gasteiger charge is -2.43. The molecule has 0 aromatic carbocycles. The van der Waals surface area contributed by atoms with Crippen LogP contribution in [-0.2, 0) is 20.8 Å². The summed E-state index contributed by atoms with van der Waals surface area (Å²) in [7, 11) is 0. The van der Waals surface area contributed by atoms with Gasteiger partial charge in [-0.15, -0.1) is 5.10 Å². The van der Waals surface area contributed by atoms with Gasteiger partial charge in [0.15, 0.2) is 0 Å². The highest BCUT2D eigenvalue weighted by atomic mass is 16.6. The Morgan fingerprint density at radius 3 is 3.00 bits per heavy atom. The molecule has 1 aromatic heterocycles. The number of carbonyl (C=O) groups excluding carboxylic acids is 1. The van der Waals surface area contributed by atoms with Gasteiger partial charge in [-0.05, 0) is 12.8 Å². The van der Waals surface area contributed by atoms with Crippen molar-refractivity contribution >= 4 is 11.9 Å². The van der Waals surface area contributed by atoms with Crippen molar-refractivity contribution in [2.24, 2.45) is 0 Å². The molecule has 1 saturated heterocycles. The molecule has 2 fully saturated rings. The normalized spacial score (nSPS) is 24.9. The molecular weight excluding hydrogens is 272 g/mol. The van der Waals surface area contributed by atoms with Gasteiger partial charge in [0.25, 0.3) is 0 Å². The minimum absolute atomic E-state index is 0.0502. The molecule has 1 unspecified atom stereocenters. The zero-order valence-electron chi connectivity index (χ0n) is 12.2. The van der Waals surface area contributed by atoms with Gasteiger partial charge in [-0.3, -0.25) is 4.79 Å². The number of rotatable bonds is 3. The summed E-state index contributed by atoms with van der Waals surface area (Å²) in [4.78, 5) is 15.8. The van der Waals surface area contributed by atoms with Crippen LogP contribution in [0, 0.1) is 0 Å². The largest absolute Gasteiger partial charge is 0.461 e. The second-order valence-corrected chi connectivity index (χ2v) is 6.00. The predicted octanol–water partition coefficient (Wildman–Crippen LogP) is 1.29. The van der Waals surface area contributed by atoms with Crippen molar-refractivity contribution in [2.75, 3.05) is 12.3 Å². The molecule has 0 bridgehead atoms. The van der Waals surface area contributed by atoms with Crippen molar-refractivity contribution in [3.8, 4) is 0 Å². The van der Waals surface area contributed by atoms with Crippen LogP contribution in [0.2, 0.25) is 0 Å². The van der Waals surface area contributed by atoms with Crippen molar-refractivity contribution in [1.82, 2.24) is 14.8 Å². The molecule has 1 aliphatic heterocycles. The molecule has 7 nitrogen and oxygen atoms in total. The minimum atomic E-state index is -0.294. The zero-order chi connectivity index (χ0) is 14.7. The molecule has 1 saturated carbocycles. The maximum Gasteiger partial charge on any atom is 0.328 e. The minimum Gasteiger partial charge on any atom is -0.461 e. The molecule has 1 spiro atoms. The maximum absolute atomic E-state index is 12.0. The van der Waals surface area contributed by atoms with Crippen LogP contribution in [0.5, 0.6) is 0 Å². The van der Waals surface area contributed by atoms with Crippen LogP contribution in [0.3, 0.4) is 0 Å². The second kappa shape index (κ2) is 6.01. The van der Waals surface area contributed by atoms with Gasteiger partial charge in [-0.1, -0.05) is 19.3 Å². The lowest BCUT2D eigenvalue weighted by atomic mass is 9.79. The van der Waals surface area contributed by atoms with E-state index in [0.29, 0.717) is 6.61 Å². The average Bonchev–Trinajstić information content (AvgIpc) is 2.85. The summed E-state index contributed by atoms with van der Waals surface area (Å²) in [6.07, 6.45) is 8.84. The highest BCUT2D eigenvalue weighted by Crippen LogP contribution is 2.39. The fraction of sp³-hybridized carbons (Fsp3) is 0.786. The molecule has 7 heteroatoms. The van der Waals surface area contributed by atoms with Gasteiger partial charge < -0.3 is 15.2 Å². The zero-order valence-corrected chi connectivity index (χ0v) is 12.2. The number of esters is 1. The Hall–Kier alpha value is -1.63. The summed E-state index contributed by atoms with van der Waals surface area (Å²) in [5, 5.41) is 3.88. The van der Waals surface area contributed by atoms with Crippen LogP contribution in [0.4, 0.5) is 5.95 Å².